The first-order valence-electron chi connectivity index (χ1n) is 46.8. The Hall–Kier alpha value is -15.6. The van der Waals surface area contributed by atoms with Gasteiger partial charge in [-0.1, -0.05) is 441 Å². The zero-order valence-corrected chi connectivity index (χ0v) is 78.3. The van der Waals surface area contributed by atoms with Crippen LogP contribution in [0.5, 0.6) is 0 Å². The quantitative estimate of drug-likeness (QED) is 0.0901. The number of fused-ring (bicyclic) bond motifs is 6. The highest BCUT2D eigenvalue weighted by molar-refractivity contribution is 5.91. The largest absolute Gasteiger partial charge is 0.310 e. The molecule has 0 radical (unpaired) electrons. The Balaban J connectivity index is 0.000000139. The maximum atomic E-state index is 2.42. The lowest BCUT2D eigenvalue weighted by molar-refractivity contribution is 0.660. The van der Waals surface area contributed by atoms with E-state index in [1.54, 1.807) is 0 Å². The van der Waals surface area contributed by atoms with Crippen LogP contribution in [0.2, 0.25) is 0 Å². The monoisotopic (exact) mass is 1710 g/mol. The highest BCUT2D eigenvalue weighted by atomic mass is 15.2. The Morgan fingerprint density at radius 3 is 0.553 bits per heavy atom. The van der Waals surface area contributed by atoms with Gasteiger partial charge in [0.15, 0.2) is 0 Å². The minimum Gasteiger partial charge on any atom is -0.310 e. The van der Waals surface area contributed by atoms with Gasteiger partial charge >= 0.3 is 0 Å². The summed E-state index contributed by atoms with van der Waals surface area (Å²) in [6.07, 6.45) is 0. The minimum absolute atomic E-state index is 0.0358. The number of benzene rings is 19. The van der Waals surface area contributed by atoms with Crippen molar-refractivity contribution in [2.24, 2.45) is 0 Å². The molecular formula is C128H120N4. The molecule has 19 aromatic rings. The fourth-order valence-corrected chi connectivity index (χ4v) is 17.6. The molecule has 0 fully saturated rings. The first-order valence-corrected chi connectivity index (χ1v) is 46.8. The summed E-state index contributed by atoms with van der Waals surface area (Å²) in [5, 5.41) is 0. The van der Waals surface area contributed by atoms with E-state index in [1.165, 1.54) is 117 Å². The number of para-hydroxylation sites is 6. The summed E-state index contributed by atoms with van der Waals surface area (Å²) in [6.45, 7) is 25.4. The van der Waals surface area contributed by atoms with Crippen LogP contribution in [0.4, 0.5) is 68.2 Å². The van der Waals surface area contributed by atoms with Crippen molar-refractivity contribution in [2.75, 3.05) is 19.6 Å². The van der Waals surface area contributed by atoms with E-state index in [0.717, 1.165) is 51.2 Å². The zero-order chi connectivity index (χ0) is 92.0. The molecule has 2 aliphatic rings. The molecule has 0 atom stereocenters. The van der Waals surface area contributed by atoms with Crippen molar-refractivity contribution in [2.45, 2.75) is 93.9 Å². The smallest absolute Gasteiger partial charge is 0.0473 e. The second-order valence-electron chi connectivity index (χ2n) is 32.4. The van der Waals surface area contributed by atoms with E-state index >= 15 is 0 Å². The van der Waals surface area contributed by atoms with Crippen molar-refractivity contribution in [3.8, 4) is 77.9 Å². The van der Waals surface area contributed by atoms with Gasteiger partial charge < -0.3 is 19.6 Å². The van der Waals surface area contributed by atoms with Gasteiger partial charge in [-0.15, -0.1) is 0 Å². The Morgan fingerprint density at radius 2 is 0.295 bits per heavy atom. The highest BCUT2D eigenvalue weighted by Crippen LogP contribution is 2.54. The van der Waals surface area contributed by atoms with Gasteiger partial charge in [0.1, 0.15) is 0 Å². The van der Waals surface area contributed by atoms with Crippen molar-refractivity contribution in [1.82, 2.24) is 0 Å². The summed E-state index contributed by atoms with van der Waals surface area (Å²) in [7, 11) is 0. The Kier molecular flexibility index (Phi) is 31.8. The van der Waals surface area contributed by atoms with E-state index in [2.05, 4.69) is 539 Å². The van der Waals surface area contributed by atoms with Crippen LogP contribution in [0.1, 0.15) is 105 Å². The average molecular weight is 1710 g/mol. The molecular weight excluding hydrogens is 1590 g/mol. The molecule has 0 aliphatic heterocycles. The fourth-order valence-electron chi connectivity index (χ4n) is 17.6. The molecule has 4 heteroatoms. The van der Waals surface area contributed by atoms with Gasteiger partial charge in [-0.25, -0.2) is 0 Å². The van der Waals surface area contributed by atoms with Crippen LogP contribution in [0, 0.1) is 0 Å². The molecule has 4 nitrogen and oxygen atoms in total. The van der Waals surface area contributed by atoms with Crippen molar-refractivity contribution in [1.29, 1.82) is 0 Å². The van der Waals surface area contributed by atoms with Crippen LogP contribution in [0.3, 0.4) is 0 Å². The Bertz CT molecular complexity index is 6370. The lowest BCUT2D eigenvalue weighted by Gasteiger charge is -2.29. The van der Waals surface area contributed by atoms with Crippen molar-refractivity contribution < 1.29 is 0 Å². The van der Waals surface area contributed by atoms with Gasteiger partial charge in [0.25, 0.3) is 0 Å². The number of hydrogen-bond donors (Lipinski definition) is 0. The topological polar surface area (TPSA) is 13.0 Å². The van der Waals surface area contributed by atoms with Gasteiger partial charge in [-0.05, 0) is 252 Å². The SMILES string of the molecule is CC.CC.CC.CC.CC1(C)c2ccccc2-c2ccc(N(c3ccccc3)c3ccc4c(c3)C(C)(C)c3ccccc3-4)cc21.c1ccc(-c2cc(-c3ccccc3)cc(N(c3ccccc3)c3ccccc3)c2)cc1.c1ccc(-c2cccc(N(c3ccccc3)c3cccc(-c4ccccc4)c3)c2)cc1.c1ccc(-c2cccc(N(c3ccccc3)c3ccccc3)c2)cc1. The average Bonchev–Trinajstić information content (AvgIpc) is 1.57. The first-order chi connectivity index (χ1) is 65.1. The number of rotatable bonds is 17. The summed E-state index contributed by atoms with van der Waals surface area (Å²) in [5.41, 5.74) is 36.9. The standard InChI is InChI=1S/C36H31N.2C30H23N.C24H19N.4C2H6/c1-35(2)31-16-10-8-14-27(31)29-20-18-25(22-33(29)35)37(24-12-6-5-7-13-24)26-19-21-30-28-15-9-11-17-32(28)36(3,4)34(30)23-26;1-5-13-24(14-6-1)26-21-27(25-15-7-2-8-16-25)23-30(22-26)31(28-17-9-3-10-18-28)29-19-11-4-12-20-29;1-4-12-24(13-5-1)26-16-10-20-29(22-26)31(28-18-8-3-9-19-28)30-21-11-17-27(23-30)25-14-6-2-7-15-25;1-4-11-20(12-5-1)21-13-10-18-24(19-21)25(22-14-6-2-7-15-22)23-16-8-3-9-17-23;4*1-2/h5-23H,1-4H3;2*1-23H;1-19H;4*1-2H3. The van der Waals surface area contributed by atoms with Gasteiger partial charge in [0.2, 0.25) is 0 Å². The molecule has 0 amide bonds. The van der Waals surface area contributed by atoms with E-state index in [4.69, 9.17) is 0 Å². The third-order valence-corrected chi connectivity index (χ3v) is 23.8. The second-order valence-corrected chi connectivity index (χ2v) is 32.4. The molecule has 19 aromatic carbocycles. The number of anilines is 12. The normalized spacial score (nSPS) is 11.5. The summed E-state index contributed by atoms with van der Waals surface area (Å²) < 4.78 is 0. The summed E-state index contributed by atoms with van der Waals surface area (Å²) in [4.78, 5) is 9.34. The third kappa shape index (κ3) is 21.4. The van der Waals surface area contributed by atoms with Gasteiger partial charge in [0, 0.05) is 79.1 Å². The molecule has 21 rings (SSSR count). The lowest BCUT2D eigenvalue weighted by atomic mass is 9.82. The molecule has 0 saturated heterocycles. The fraction of sp³-hybridized carbons (Fsp3) is 0.109. The molecule has 0 unspecified atom stereocenters. The van der Waals surface area contributed by atoms with E-state index < -0.39 is 0 Å². The molecule has 0 N–H and O–H groups in total. The van der Waals surface area contributed by atoms with Crippen LogP contribution in [0.25, 0.3) is 77.9 Å². The molecule has 0 bridgehead atoms. The highest BCUT2D eigenvalue weighted by Gasteiger charge is 2.38. The van der Waals surface area contributed by atoms with Crippen LogP contribution in [-0.4, -0.2) is 0 Å². The molecule has 0 saturated carbocycles. The minimum atomic E-state index is -0.0358. The lowest BCUT2D eigenvalue weighted by Crippen LogP contribution is -2.18. The molecule has 0 spiro atoms. The van der Waals surface area contributed by atoms with E-state index in [0.29, 0.717) is 0 Å². The number of hydrogen-bond acceptors (Lipinski definition) is 4. The maximum Gasteiger partial charge on any atom is 0.0473 e. The van der Waals surface area contributed by atoms with Gasteiger partial charge in [-0.2, -0.15) is 0 Å². The van der Waals surface area contributed by atoms with Crippen molar-refractivity contribution in [3.63, 3.8) is 0 Å². The van der Waals surface area contributed by atoms with Crippen LogP contribution < -0.4 is 19.6 Å². The third-order valence-electron chi connectivity index (χ3n) is 23.8. The maximum absolute atomic E-state index is 2.42. The number of nitrogens with zero attached hydrogens (tertiary/aromatic N) is 4. The van der Waals surface area contributed by atoms with Crippen LogP contribution in [0.15, 0.2) is 510 Å². The molecule has 2 aliphatic carbocycles. The summed E-state index contributed by atoms with van der Waals surface area (Å²) in [6, 6.07) is 181. The van der Waals surface area contributed by atoms with Crippen LogP contribution >= 0.6 is 0 Å². The molecule has 132 heavy (non-hydrogen) atoms. The zero-order valence-electron chi connectivity index (χ0n) is 78.3. The molecule has 0 aromatic heterocycles. The van der Waals surface area contributed by atoms with Gasteiger partial charge in [0.05, 0.1) is 0 Å². The van der Waals surface area contributed by atoms with Gasteiger partial charge in [-0.3, -0.25) is 0 Å². The Morgan fingerprint density at radius 1 is 0.121 bits per heavy atom. The predicted molar refractivity (Wildman–Crippen MR) is 572 cm³/mol. The van der Waals surface area contributed by atoms with E-state index in [1.807, 2.05) is 73.6 Å². The molecule has 0 heterocycles. The summed E-state index contributed by atoms with van der Waals surface area (Å²) >= 11 is 0. The molecule has 652 valence electrons. The van der Waals surface area contributed by atoms with Crippen molar-refractivity contribution in [3.05, 3.63) is 532 Å². The predicted octanol–water partition coefficient (Wildman–Crippen LogP) is 37.7. The van der Waals surface area contributed by atoms with Crippen molar-refractivity contribution >= 4 is 68.2 Å². The first kappa shape index (κ1) is 92.6. The van der Waals surface area contributed by atoms with E-state index in [9.17, 15) is 0 Å². The van der Waals surface area contributed by atoms with E-state index in [-0.39, 0.29) is 10.8 Å². The van der Waals surface area contributed by atoms with Crippen LogP contribution in [-0.2, 0) is 10.8 Å². The second kappa shape index (κ2) is 45.4. The Labute approximate surface area is 786 Å². The summed E-state index contributed by atoms with van der Waals surface area (Å²) in [5.74, 6) is 0.